The van der Waals surface area contributed by atoms with Crippen LogP contribution in [-0.4, -0.2) is 23.8 Å². The summed E-state index contributed by atoms with van der Waals surface area (Å²) in [6, 6.07) is 0. The second kappa shape index (κ2) is 3.27. The lowest BCUT2D eigenvalue weighted by Crippen LogP contribution is -2.36. The molecule has 0 aromatic carbocycles. The largest absolute Gasteiger partial charge is 0.481 e. The lowest BCUT2D eigenvalue weighted by molar-refractivity contribution is -0.151. The van der Waals surface area contributed by atoms with Gasteiger partial charge in [0.1, 0.15) is 0 Å². The van der Waals surface area contributed by atoms with Crippen LogP contribution in [0.15, 0.2) is 12.7 Å². The van der Waals surface area contributed by atoms with E-state index >= 15 is 0 Å². The minimum atomic E-state index is -0.771. The highest BCUT2D eigenvalue weighted by Gasteiger charge is 2.47. The molecule has 0 aromatic rings. The zero-order valence-corrected chi connectivity index (χ0v) is 7.25. The van der Waals surface area contributed by atoms with Gasteiger partial charge in [-0.1, -0.05) is 6.08 Å². The normalized spacial score (nSPS) is 34.9. The SMILES string of the molecule is C=CCC1(C(=O)O)CCOC1C. The number of ether oxygens (including phenoxy) is 1. The van der Waals surface area contributed by atoms with Gasteiger partial charge < -0.3 is 9.84 Å². The van der Waals surface area contributed by atoms with Crippen molar-refractivity contribution in [2.75, 3.05) is 6.61 Å². The molecule has 1 fully saturated rings. The smallest absolute Gasteiger partial charge is 0.312 e. The van der Waals surface area contributed by atoms with Crippen LogP contribution in [0.1, 0.15) is 19.8 Å². The van der Waals surface area contributed by atoms with Crippen LogP contribution in [0.3, 0.4) is 0 Å². The fraction of sp³-hybridized carbons (Fsp3) is 0.667. The van der Waals surface area contributed by atoms with Gasteiger partial charge >= 0.3 is 5.97 Å². The monoisotopic (exact) mass is 170 g/mol. The van der Waals surface area contributed by atoms with Crippen molar-refractivity contribution in [1.29, 1.82) is 0 Å². The first-order chi connectivity index (χ1) is 5.63. The summed E-state index contributed by atoms with van der Waals surface area (Å²) < 4.78 is 5.25. The maximum atomic E-state index is 11.0. The molecule has 1 heterocycles. The topological polar surface area (TPSA) is 46.5 Å². The standard InChI is InChI=1S/C9H14O3/c1-3-4-9(8(10)11)5-6-12-7(9)2/h3,7H,1,4-6H2,2H3,(H,10,11). The molecule has 1 N–H and O–H groups in total. The Kier molecular flexibility index (Phi) is 2.52. The molecular formula is C9H14O3. The van der Waals surface area contributed by atoms with Crippen molar-refractivity contribution in [2.45, 2.75) is 25.9 Å². The molecule has 0 bridgehead atoms. The van der Waals surface area contributed by atoms with E-state index in [0.717, 1.165) is 0 Å². The van der Waals surface area contributed by atoms with E-state index in [-0.39, 0.29) is 6.10 Å². The maximum Gasteiger partial charge on any atom is 0.312 e. The van der Waals surface area contributed by atoms with E-state index in [9.17, 15) is 4.79 Å². The number of hydrogen-bond acceptors (Lipinski definition) is 2. The molecular weight excluding hydrogens is 156 g/mol. The fourth-order valence-electron chi connectivity index (χ4n) is 1.67. The van der Waals surface area contributed by atoms with Gasteiger partial charge in [0, 0.05) is 6.61 Å². The molecule has 2 atom stereocenters. The average molecular weight is 170 g/mol. The molecule has 3 heteroatoms. The third-order valence-corrected chi connectivity index (χ3v) is 2.63. The first-order valence-electron chi connectivity index (χ1n) is 4.09. The fourth-order valence-corrected chi connectivity index (χ4v) is 1.67. The molecule has 0 aliphatic carbocycles. The van der Waals surface area contributed by atoms with Gasteiger partial charge in [0.15, 0.2) is 0 Å². The Hall–Kier alpha value is -0.830. The zero-order valence-electron chi connectivity index (χ0n) is 7.25. The summed E-state index contributed by atoms with van der Waals surface area (Å²) in [5.41, 5.74) is -0.720. The zero-order chi connectivity index (χ0) is 9.19. The van der Waals surface area contributed by atoms with Gasteiger partial charge in [0.05, 0.1) is 11.5 Å². The van der Waals surface area contributed by atoms with Gasteiger partial charge in [-0.05, 0) is 19.8 Å². The Bertz CT molecular complexity index is 200. The Labute approximate surface area is 72.0 Å². The highest BCUT2D eigenvalue weighted by molar-refractivity contribution is 5.76. The van der Waals surface area contributed by atoms with E-state index < -0.39 is 11.4 Å². The van der Waals surface area contributed by atoms with Crippen LogP contribution >= 0.6 is 0 Å². The van der Waals surface area contributed by atoms with Gasteiger partial charge in [0.25, 0.3) is 0 Å². The van der Waals surface area contributed by atoms with Crippen molar-refractivity contribution in [3.05, 3.63) is 12.7 Å². The molecule has 2 unspecified atom stereocenters. The molecule has 1 saturated heterocycles. The van der Waals surface area contributed by atoms with Crippen molar-refractivity contribution < 1.29 is 14.6 Å². The number of rotatable bonds is 3. The van der Waals surface area contributed by atoms with Crippen molar-refractivity contribution >= 4 is 5.97 Å². The molecule has 3 nitrogen and oxygen atoms in total. The second-order valence-corrected chi connectivity index (χ2v) is 3.22. The van der Waals surface area contributed by atoms with Gasteiger partial charge in [-0.15, -0.1) is 6.58 Å². The van der Waals surface area contributed by atoms with Crippen LogP contribution in [0.4, 0.5) is 0 Å². The van der Waals surface area contributed by atoms with Crippen LogP contribution in [0.5, 0.6) is 0 Å². The molecule has 1 aliphatic rings. The summed E-state index contributed by atoms with van der Waals surface area (Å²) in [5, 5.41) is 9.04. The van der Waals surface area contributed by atoms with Crippen molar-refractivity contribution in [3.63, 3.8) is 0 Å². The van der Waals surface area contributed by atoms with E-state index in [2.05, 4.69) is 6.58 Å². The second-order valence-electron chi connectivity index (χ2n) is 3.22. The third kappa shape index (κ3) is 1.25. The van der Waals surface area contributed by atoms with Crippen LogP contribution < -0.4 is 0 Å². The summed E-state index contributed by atoms with van der Waals surface area (Å²) in [5.74, 6) is -0.771. The predicted octanol–water partition coefficient (Wildman–Crippen LogP) is 1.44. The Morgan fingerprint density at radius 3 is 2.92 bits per heavy atom. The number of carbonyl (C=O) groups is 1. The molecule has 0 spiro atoms. The Balaban J connectivity index is 2.84. The summed E-state index contributed by atoms with van der Waals surface area (Å²) >= 11 is 0. The van der Waals surface area contributed by atoms with Gasteiger partial charge in [-0.3, -0.25) is 4.79 Å². The van der Waals surface area contributed by atoms with E-state index in [1.165, 1.54) is 0 Å². The minimum absolute atomic E-state index is 0.201. The molecule has 1 aliphatic heterocycles. The number of aliphatic carboxylic acids is 1. The molecule has 12 heavy (non-hydrogen) atoms. The number of carboxylic acid groups (broad SMARTS) is 1. The Morgan fingerprint density at radius 2 is 2.58 bits per heavy atom. The first-order valence-corrected chi connectivity index (χ1v) is 4.09. The van der Waals surface area contributed by atoms with Gasteiger partial charge in [0.2, 0.25) is 0 Å². The lowest BCUT2D eigenvalue weighted by Gasteiger charge is -2.25. The van der Waals surface area contributed by atoms with E-state index in [0.29, 0.717) is 19.4 Å². The van der Waals surface area contributed by atoms with Crippen LogP contribution in [0.25, 0.3) is 0 Å². The van der Waals surface area contributed by atoms with Crippen LogP contribution in [-0.2, 0) is 9.53 Å². The van der Waals surface area contributed by atoms with Crippen LogP contribution in [0.2, 0.25) is 0 Å². The number of allylic oxidation sites excluding steroid dienone is 1. The first kappa shape index (κ1) is 9.26. The summed E-state index contributed by atoms with van der Waals surface area (Å²) in [7, 11) is 0. The number of hydrogen-bond donors (Lipinski definition) is 1. The van der Waals surface area contributed by atoms with Crippen molar-refractivity contribution in [3.8, 4) is 0 Å². The average Bonchev–Trinajstić information content (AvgIpc) is 2.34. The quantitative estimate of drug-likeness (QED) is 0.652. The maximum absolute atomic E-state index is 11.0. The van der Waals surface area contributed by atoms with E-state index in [1.54, 1.807) is 6.08 Å². The van der Waals surface area contributed by atoms with E-state index in [4.69, 9.17) is 9.84 Å². The van der Waals surface area contributed by atoms with E-state index in [1.807, 2.05) is 6.92 Å². The summed E-state index contributed by atoms with van der Waals surface area (Å²) in [6.45, 7) is 5.92. The molecule has 0 radical (unpaired) electrons. The molecule has 0 amide bonds. The molecule has 1 rings (SSSR count). The molecule has 68 valence electrons. The summed E-state index contributed by atoms with van der Waals surface area (Å²) in [4.78, 5) is 11.0. The van der Waals surface area contributed by atoms with Crippen molar-refractivity contribution in [1.82, 2.24) is 0 Å². The molecule has 0 aromatic heterocycles. The summed E-state index contributed by atoms with van der Waals surface area (Å²) in [6.07, 6.45) is 2.53. The lowest BCUT2D eigenvalue weighted by atomic mass is 9.79. The molecule has 0 saturated carbocycles. The Morgan fingerprint density at radius 1 is 1.92 bits per heavy atom. The minimum Gasteiger partial charge on any atom is -0.481 e. The van der Waals surface area contributed by atoms with Crippen LogP contribution in [0, 0.1) is 5.41 Å². The highest BCUT2D eigenvalue weighted by Crippen LogP contribution is 2.38. The highest BCUT2D eigenvalue weighted by atomic mass is 16.5. The number of carboxylic acids is 1. The van der Waals surface area contributed by atoms with Gasteiger partial charge in [-0.25, -0.2) is 0 Å². The van der Waals surface area contributed by atoms with Gasteiger partial charge in [-0.2, -0.15) is 0 Å². The van der Waals surface area contributed by atoms with Crippen molar-refractivity contribution in [2.24, 2.45) is 5.41 Å². The third-order valence-electron chi connectivity index (χ3n) is 2.63. The predicted molar refractivity (Wildman–Crippen MR) is 44.9 cm³/mol.